The maximum atomic E-state index is 12.1. The number of piperazine rings is 1. The van der Waals surface area contributed by atoms with Crippen molar-refractivity contribution in [1.29, 1.82) is 0 Å². The third-order valence-corrected chi connectivity index (χ3v) is 2.87. The molecule has 2 rings (SSSR count). The van der Waals surface area contributed by atoms with Crippen LogP contribution in [0.15, 0.2) is 0 Å². The van der Waals surface area contributed by atoms with Gasteiger partial charge in [-0.15, -0.1) is 0 Å². The molecular weight excluding hydrogens is 162 g/mol. The summed E-state index contributed by atoms with van der Waals surface area (Å²) >= 11 is 0. The van der Waals surface area contributed by atoms with Crippen LogP contribution in [0.5, 0.6) is 0 Å². The fourth-order valence-corrected chi connectivity index (χ4v) is 1.97. The van der Waals surface area contributed by atoms with Gasteiger partial charge < -0.3 is 5.32 Å². The molecule has 0 aromatic rings. The van der Waals surface area contributed by atoms with Crippen LogP contribution in [0.4, 0.5) is 8.78 Å². The van der Waals surface area contributed by atoms with Crippen LogP contribution < -0.4 is 5.32 Å². The maximum Gasteiger partial charge on any atom is 0.251 e. The van der Waals surface area contributed by atoms with E-state index in [1.54, 1.807) is 0 Å². The van der Waals surface area contributed by atoms with Gasteiger partial charge in [-0.2, -0.15) is 0 Å². The number of halogens is 2. The lowest BCUT2D eigenvalue weighted by Crippen LogP contribution is -2.54. The van der Waals surface area contributed by atoms with E-state index in [4.69, 9.17) is 0 Å². The fourth-order valence-electron chi connectivity index (χ4n) is 1.97. The summed E-state index contributed by atoms with van der Waals surface area (Å²) in [5.74, 6) is 0. The number of nitrogens with zero attached hydrogens (tertiary/aromatic N) is 1. The number of rotatable bonds is 2. The first kappa shape index (κ1) is 8.38. The van der Waals surface area contributed by atoms with Crippen molar-refractivity contribution in [2.24, 2.45) is 0 Å². The van der Waals surface area contributed by atoms with Gasteiger partial charge in [0.05, 0.1) is 6.54 Å². The van der Waals surface area contributed by atoms with E-state index in [-0.39, 0.29) is 12.1 Å². The molecule has 1 saturated carbocycles. The molecule has 0 atom stereocenters. The molecule has 12 heavy (non-hydrogen) atoms. The molecule has 0 unspecified atom stereocenters. The second kappa shape index (κ2) is 2.92. The highest BCUT2D eigenvalue weighted by Crippen LogP contribution is 2.42. The summed E-state index contributed by atoms with van der Waals surface area (Å²) < 4.78 is 24.3. The first-order valence-corrected chi connectivity index (χ1v) is 4.47. The number of nitrogens with one attached hydrogen (secondary N) is 1. The van der Waals surface area contributed by atoms with Gasteiger partial charge in [-0.3, -0.25) is 4.90 Å². The zero-order chi connectivity index (χ0) is 8.60. The molecule has 1 heterocycles. The number of hydrogen-bond donors (Lipinski definition) is 1. The standard InChI is InChI=1S/C8H14F2N2/c9-7(10)5-12-4-3-11-6-8(12)1-2-8/h7,11H,1-6H2. The Bertz CT molecular complexity index is 168. The van der Waals surface area contributed by atoms with Gasteiger partial charge in [-0.25, -0.2) is 8.78 Å². The minimum absolute atomic E-state index is 0.0400. The summed E-state index contributed by atoms with van der Waals surface area (Å²) in [6.45, 7) is 2.50. The second-order valence-corrected chi connectivity index (χ2v) is 3.74. The predicted octanol–water partition coefficient (Wildman–Crippen LogP) is 0.689. The quantitative estimate of drug-likeness (QED) is 0.666. The minimum atomic E-state index is -2.18. The Labute approximate surface area is 70.9 Å². The van der Waals surface area contributed by atoms with E-state index < -0.39 is 6.43 Å². The van der Waals surface area contributed by atoms with Crippen LogP contribution in [0.25, 0.3) is 0 Å². The maximum absolute atomic E-state index is 12.1. The van der Waals surface area contributed by atoms with Gasteiger partial charge in [-0.05, 0) is 12.8 Å². The van der Waals surface area contributed by atoms with Gasteiger partial charge in [0.25, 0.3) is 6.43 Å². The topological polar surface area (TPSA) is 15.3 Å². The fraction of sp³-hybridized carbons (Fsp3) is 1.00. The Morgan fingerprint density at radius 1 is 1.42 bits per heavy atom. The molecule has 0 amide bonds. The highest BCUT2D eigenvalue weighted by atomic mass is 19.3. The van der Waals surface area contributed by atoms with Crippen molar-refractivity contribution in [3.05, 3.63) is 0 Å². The predicted molar refractivity (Wildman–Crippen MR) is 42.4 cm³/mol. The largest absolute Gasteiger partial charge is 0.314 e. The molecule has 1 aliphatic heterocycles. The van der Waals surface area contributed by atoms with Gasteiger partial charge in [0.1, 0.15) is 0 Å². The van der Waals surface area contributed by atoms with Crippen LogP contribution in [0.2, 0.25) is 0 Å². The molecule has 70 valence electrons. The highest BCUT2D eigenvalue weighted by molar-refractivity contribution is 5.07. The van der Waals surface area contributed by atoms with E-state index in [0.29, 0.717) is 0 Å². The number of alkyl halides is 2. The second-order valence-electron chi connectivity index (χ2n) is 3.74. The summed E-state index contributed by atoms with van der Waals surface area (Å²) in [5.41, 5.74) is 0.120. The molecule has 2 fully saturated rings. The van der Waals surface area contributed by atoms with Crippen LogP contribution in [0, 0.1) is 0 Å². The Morgan fingerprint density at radius 2 is 2.17 bits per heavy atom. The third-order valence-electron chi connectivity index (χ3n) is 2.87. The normalized spacial score (nSPS) is 28.2. The molecule has 0 bridgehead atoms. The lowest BCUT2D eigenvalue weighted by Gasteiger charge is -2.36. The summed E-state index contributed by atoms with van der Waals surface area (Å²) in [5, 5.41) is 3.25. The van der Waals surface area contributed by atoms with Crippen molar-refractivity contribution in [2.75, 3.05) is 26.2 Å². The van der Waals surface area contributed by atoms with Crippen molar-refractivity contribution in [1.82, 2.24) is 10.2 Å². The first-order valence-electron chi connectivity index (χ1n) is 4.47. The Balaban J connectivity index is 1.93. The Morgan fingerprint density at radius 3 is 2.75 bits per heavy atom. The van der Waals surface area contributed by atoms with Gasteiger partial charge in [0.2, 0.25) is 0 Å². The molecule has 0 radical (unpaired) electrons. The molecule has 2 nitrogen and oxygen atoms in total. The average molecular weight is 176 g/mol. The van der Waals surface area contributed by atoms with Gasteiger partial charge in [0, 0.05) is 25.2 Å². The molecule has 0 aromatic carbocycles. The van der Waals surface area contributed by atoms with E-state index in [1.807, 2.05) is 4.90 Å². The minimum Gasteiger partial charge on any atom is -0.314 e. The molecule has 1 aliphatic carbocycles. The van der Waals surface area contributed by atoms with Crippen molar-refractivity contribution >= 4 is 0 Å². The molecule has 1 spiro atoms. The number of hydrogen-bond acceptors (Lipinski definition) is 2. The smallest absolute Gasteiger partial charge is 0.251 e. The van der Waals surface area contributed by atoms with Crippen molar-refractivity contribution < 1.29 is 8.78 Å². The van der Waals surface area contributed by atoms with E-state index in [1.165, 1.54) is 0 Å². The lowest BCUT2D eigenvalue weighted by atomic mass is 10.1. The zero-order valence-electron chi connectivity index (χ0n) is 7.02. The van der Waals surface area contributed by atoms with Gasteiger partial charge in [-0.1, -0.05) is 0 Å². The van der Waals surface area contributed by atoms with Crippen LogP contribution in [0.1, 0.15) is 12.8 Å². The third kappa shape index (κ3) is 1.45. The highest BCUT2D eigenvalue weighted by Gasteiger charge is 2.49. The first-order chi connectivity index (χ1) is 5.73. The molecule has 1 N–H and O–H groups in total. The van der Waals surface area contributed by atoms with E-state index >= 15 is 0 Å². The van der Waals surface area contributed by atoms with E-state index in [9.17, 15) is 8.78 Å². The van der Waals surface area contributed by atoms with Crippen molar-refractivity contribution in [3.63, 3.8) is 0 Å². The van der Waals surface area contributed by atoms with Crippen molar-refractivity contribution in [2.45, 2.75) is 24.8 Å². The van der Waals surface area contributed by atoms with Crippen LogP contribution in [-0.4, -0.2) is 43.0 Å². The van der Waals surface area contributed by atoms with E-state index in [2.05, 4.69) is 5.32 Å². The molecular formula is C8H14F2N2. The molecule has 0 aromatic heterocycles. The average Bonchev–Trinajstić information content (AvgIpc) is 2.75. The van der Waals surface area contributed by atoms with Gasteiger partial charge >= 0.3 is 0 Å². The summed E-state index contributed by atoms with van der Waals surface area (Å²) in [6.07, 6.45) is -0.0000231. The lowest BCUT2D eigenvalue weighted by molar-refractivity contribution is 0.0460. The van der Waals surface area contributed by atoms with Crippen LogP contribution in [-0.2, 0) is 0 Å². The molecule has 2 aliphatic rings. The Kier molecular flexibility index (Phi) is 2.04. The van der Waals surface area contributed by atoms with Gasteiger partial charge in [0.15, 0.2) is 0 Å². The zero-order valence-corrected chi connectivity index (χ0v) is 7.02. The molecule has 1 saturated heterocycles. The summed E-state index contributed by atoms with van der Waals surface area (Å²) in [7, 11) is 0. The SMILES string of the molecule is FC(F)CN1CCNCC12CC2. The summed E-state index contributed by atoms with van der Waals surface area (Å²) in [6, 6.07) is 0. The monoisotopic (exact) mass is 176 g/mol. The van der Waals surface area contributed by atoms with Crippen LogP contribution >= 0.6 is 0 Å². The van der Waals surface area contributed by atoms with Crippen molar-refractivity contribution in [3.8, 4) is 0 Å². The van der Waals surface area contributed by atoms with Crippen LogP contribution in [0.3, 0.4) is 0 Å². The molecule has 4 heteroatoms. The summed E-state index contributed by atoms with van der Waals surface area (Å²) in [4.78, 5) is 1.95. The van der Waals surface area contributed by atoms with E-state index in [0.717, 1.165) is 32.5 Å². The Hall–Kier alpha value is -0.220.